The average Bonchev–Trinajstić information content (AvgIpc) is 2.53. The highest BCUT2D eigenvalue weighted by atomic mass is 32.2. The van der Waals surface area contributed by atoms with Gasteiger partial charge in [0.25, 0.3) is 10.1 Å². The summed E-state index contributed by atoms with van der Waals surface area (Å²) in [6.07, 6.45) is 1.08. The molecule has 0 aromatic heterocycles. The quantitative estimate of drug-likeness (QED) is 0.741. The van der Waals surface area contributed by atoms with Crippen molar-refractivity contribution in [2.24, 2.45) is 0 Å². The van der Waals surface area contributed by atoms with Crippen molar-refractivity contribution in [3.8, 4) is 0 Å². The van der Waals surface area contributed by atoms with Gasteiger partial charge in [-0.2, -0.15) is 8.42 Å². The standard InChI is InChI=1S/C18H22O3S/c1-4-15(3)17-9-7-16(8-10-17)13-21-22(19,20)18-11-5-14(2)6-12-18/h5-12,15H,4,13H2,1-3H3. The average molecular weight is 318 g/mol. The normalized spacial score (nSPS) is 13.0. The van der Waals surface area contributed by atoms with Gasteiger partial charge in [-0.1, -0.05) is 55.8 Å². The van der Waals surface area contributed by atoms with Crippen molar-refractivity contribution in [1.29, 1.82) is 0 Å². The van der Waals surface area contributed by atoms with Crippen LogP contribution in [0.25, 0.3) is 0 Å². The van der Waals surface area contributed by atoms with Crippen LogP contribution in [0.2, 0.25) is 0 Å². The van der Waals surface area contributed by atoms with Gasteiger partial charge in [0.1, 0.15) is 0 Å². The molecule has 0 aliphatic carbocycles. The summed E-state index contributed by atoms with van der Waals surface area (Å²) >= 11 is 0. The van der Waals surface area contributed by atoms with E-state index in [1.165, 1.54) is 5.56 Å². The highest BCUT2D eigenvalue weighted by Crippen LogP contribution is 2.20. The zero-order valence-electron chi connectivity index (χ0n) is 13.2. The molecule has 0 fully saturated rings. The molecule has 2 aromatic carbocycles. The molecule has 118 valence electrons. The van der Waals surface area contributed by atoms with Crippen LogP contribution in [0.3, 0.4) is 0 Å². The molecule has 3 nitrogen and oxygen atoms in total. The van der Waals surface area contributed by atoms with Crippen LogP contribution in [0.1, 0.15) is 42.9 Å². The van der Waals surface area contributed by atoms with Crippen molar-refractivity contribution >= 4 is 10.1 Å². The number of hydrogen-bond donors (Lipinski definition) is 0. The first-order valence-corrected chi connectivity index (χ1v) is 8.88. The maximum absolute atomic E-state index is 12.1. The summed E-state index contributed by atoms with van der Waals surface area (Å²) in [4.78, 5) is 0.189. The third-order valence-corrected chi connectivity index (χ3v) is 5.13. The maximum Gasteiger partial charge on any atom is 0.297 e. The molecule has 22 heavy (non-hydrogen) atoms. The lowest BCUT2D eigenvalue weighted by Crippen LogP contribution is -2.06. The van der Waals surface area contributed by atoms with Crippen molar-refractivity contribution in [2.45, 2.75) is 44.6 Å². The van der Waals surface area contributed by atoms with E-state index in [4.69, 9.17) is 4.18 Å². The molecule has 2 rings (SSSR count). The molecule has 0 N–H and O–H groups in total. The molecule has 0 saturated heterocycles. The second-order valence-electron chi connectivity index (χ2n) is 5.58. The fraction of sp³-hybridized carbons (Fsp3) is 0.333. The Morgan fingerprint density at radius 2 is 1.59 bits per heavy atom. The molecule has 0 heterocycles. The van der Waals surface area contributed by atoms with E-state index in [-0.39, 0.29) is 11.5 Å². The zero-order chi connectivity index (χ0) is 16.2. The van der Waals surface area contributed by atoms with Gasteiger partial charge in [0, 0.05) is 0 Å². The van der Waals surface area contributed by atoms with Gasteiger partial charge in [-0.05, 0) is 42.5 Å². The first kappa shape index (κ1) is 16.7. The third kappa shape index (κ3) is 4.18. The van der Waals surface area contributed by atoms with Crippen LogP contribution in [0.15, 0.2) is 53.4 Å². The van der Waals surface area contributed by atoms with Crippen LogP contribution in [-0.4, -0.2) is 8.42 Å². The van der Waals surface area contributed by atoms with Gasteiger partial charge in [-0.25, -0.2) is 0 Å². The van der Waals surface area contributed by atoms with E-state index >= 15 is 0 Å². The smallest absolute Gasteiger partial charge is 0.262 e. The fourth-order valence-corrected chi connectivity index (χ4v) is 2.99. The van der Waals surface area contributed by atoms with Gasteiger partial charge in [0.15, 0.2) is 0 Å². The predicted octanol–water partition coefficient (Wildman–Crippen LogP) is 4.41. The predicted molar refractivity (Wildman–Crippen MR) is 88.3 cm³/mol. The number of benzene rings is 2. The van der Waals surface area contributed by atoms with Gasteiger partial charge >= 0.3 is 0 Å². The van der Waals surface area contributed by atoms with Crippen LogP contribution in [-0.2, 0) is 20.9 Å². The molecule has 0 spiro atoms. The van der Waals surface area contributed by atoms with Crippen molar-refractivity contribution in [3.05, 3.63) is 65.2 Å². The summed E-state index contributed by atoms with van der Waals surface area (Å²) in [5.41, 5.74) is 3.12. The Balaban J connectivity index is 2.04. The van der Waals surface area contributed by atoms with Crippen LogP contribution < -0.4 is 0 Å². The first-order valence-electron chi connectivity index (χ1n) is 7.47. The second-order valence-corrected chi connectivity index (χ2v) is 7.20. The van der Waals surface area contributed by atoms with Gasteiger partial charge in [-0.3, -0.25) is 4.18 Å². The Morgan fingerprint density at radius 1 is 1.00 bits per heavy atom. The van der Waals surface area contributed by atoms with E-state index in [0.29, 0.717) is 5.92 Å². The largest absolute Gasteiger partial charge is 0.297 e. The van der Waals surface area contributed by atoms with Gasteiger partial charge in [-0.15, -0.1) is 0 Å². The molecule has 0 amide bonds. The zero-order valence-corrected chi connectivity index (χ0v) is 14.1. The lowest BCUT2D eigenvalue weighted by atomic mass is 9.98. The van der Waals surface area contributed by atoms with E-state index in [0.717, 1.165) is 17.5 Å². The highest BCUT2D eigenvalue weighted by Gasteiger charge is 2.15. The summed E-state index contributed by atoms with van der Waals surface area (Å²) in [5, 5.41) is 0. The summed E-state index contributed by atoms with van der Waals surface area (Å²) in [6, 6.07) is 14.6. The molecule has 0 saturated carbocycles. The molecular weight excluding hydrogens is 296 g/mol. The van der Waals surface area contributed by atoms with E-state index in [9.17, 15) is 8.42 Å². The number of hydrogen-bond acceptors (Lipinski definition) is 3. The SMILES string of the molecule is CCC(C)c1ccc(COS(=O)(=O)c2ccc(C)cc2)cc1. The Kier molecular flexibility index (Phi) is 5.37. The van der Waals surface area contributed by atoms with Crippen molar-refractivity contribution in [1.82, 2.24) is 0 Å². The number of rotatable bonds is 6. The van der Waals surface area contributed by atoms with E-state index in [2.05, 4.69) is 13.8 Å². The molecule has 1 unspecified atom stereocenters. The van der Waals surface area contributed by atoms with Crippen LogP contribution in [0, 0.1) is 6.92 Å². The van der Waals surface area contributed by atoms with Crippen molar-refractivity contribution in [3.63, 3.8) is 0 Å². The maximum atomic E-state index is 12.1. The molecule has 0 radical (unpaired) electrons. The Bertz CT molecular complexity index is 701. The van der Waals surface area contributed by atoms with Gasteiger partial charge < -0.3 is 0 Å². The van der Waals surface area contributed by atoms with Gasteiger partial charge in [0.2, 0.25) is 0 Å². The van der Waals surface area contributed by atoms with Crippen LogP contribution in [0.4, 0.5) is 0 Å². The van der Waals surface area contributed by atoms with E-state index in [1.54, 1.807) is 24.3 Å². The minimum atomic E-state index is -3.71. The molecule has 2 aromatic rings. The first-order chi connectivity index (χ1) is 10.4. The minimum Gasteiger partial charge on any atom is -0.262 e. The molecule has 0 aliphatic heterocycles. The third-order valence-electron chi connectivity index (χ3n) is 3.85. The molecule has 1 atom stereocenters. The van der Waals surface area contributed by atoms with Crippen LogP contribution in [0.5, 0.6) is 0 Å². The van der Waals surface area contributed by atoms with Crippen molar-refractivity contribution < 1.29 is 12.6 Å². The molecular formula is C18H22O3S. The Labute approximate surface area is 133 Å². The topological polar surface area (TPSA) is 43.4 Å². The highest BCUT2D eigenvalue weighted by molar-refractivity contribution is 7.86. The molecule has 0 bridgehead atoms. The van der Waals surface area contributed by atoms with Gasteiger partial charge in [0.05, 0.1) is 11.5 Å². The lowest BCUT2D eigenvalue weighted by molar-refractivity contribution is 0.308. The number of aryl methyl sites for hydroxylation is 1. The summed E-state index contributed by atoms with van der Waals surface area (Å²) in [7, 11) is -3.71. The van der Waals surface area contributed by atoms with Crippen LogP contribution >= 0.6 is 0 Å². The van der Waals surface area contributed by atoms with E-state index in [1.807, 2.05) is 31.2 Å². The monoisotopic (exact) mass is 318 g/mol. The fourth-order valence-electron chi connectivity index (χ4n) is 2.10. The Morgan fingerprint density at radius 3 is 2.14 bits per heavy atom. The molecule has 4 heteroatoms. The summed E-state index contributed by atoms with van der Waals surface area (Å²) in [5.74, 6) is 0.506. The second kappa shape index (κ2) is 7.07. The van der Waals surface area contributed by atoms with Crippen molar-refractivity contribution in [2.75, 3.05) is 0 Å². The minimum absolute atomic E-state index is 0.0526. The lowest BCUT2D eigenvalue weighted by Gasteiger charge is -2.10. The molecule has 0 aliphatic rings. The van der Waals surface area contributed by atoms with E-state index < -0.39 is 10.1 Å². The Hall–Kier alpha value is -1.65. The summed E-state index contributed by atoms with van der Waals surface area (Å²) in [6.45, 7) is 6.29. The summed E-state index contributed by atoms with van der Waals surface area (Å²) < 4.78 is 29.4.